The molecular formula is C15H28N2O3. The fraction of sp³-hybridized carbons (Fsp3) is 0.867. The van der Waals surface area contributed by atoms with E-state index in [0.717, 1.165) is 38.5 Å². The summed E-state index contributed by atoms with van der Waals surface area (Å²) in [5.41, 5.74) is 0. The molecule has 0 aromatic carbocycles. The van der Waals surface area contributed by atoms with Gasteiger partial charge in [0, 0.05) is 13.1 Å². The van der Waals surface area contributed by atoms with Gasteiger partial charge in [-0.1, -0.05) is 39.0 Å². The Morgan fingerprint density at radius 2 is 1.85 bits per heavy atom. The van der Waals surface area contributed by atoms with Crippen LogP contribution in [-0.2, 0) is 4.79 Å². The van der Waals surface area contributed by atoms with E-state index in [1.807, 2.05) is 0 Å². The van der Waals surface area contributed by atoms with E-state index < -0.39 is 5.97 Å². The van der Waals surface area contributed by atoms with E-state index in [9.17, 15) is 9.59 Å². The Morgan fingerprint density at radius 1 is 1.10 bits per heavy atom. The second-order valence-electron chi connectivity index (χ2n) is 5.69. The molecule has 0 aromatic heterocycles. The highest BCUT2D eigenvalue weighted by Gasteiger charge is 2.30. The molecule has 5 nitrogen and oxygen atoms in total. The van der Waals surface area contributed by atoms with E-state index in [4.69, 9.17) is 5.11 Å². The highest BCUT2D eigenvalue weighted by atomic mass is 16.4. The van der Waals surface area contributed by atoms with Crippen molar-refractivity contribution in [3.63, 3.8) is 0 Å². The lowest BCUT2D eigenvalue weighted by molar-refractivity contribution is -0.144. The molecule has 0 bridgehead atoms. The highest BCUT2D eigenvalue weighted by Crippen LogP contribution is 2.29. The molecule has 20 heavy (non-hydrogen) atoms. The number of unbranched alkanes of at least 4 members (excludes halogenated alkanes) is 3. The molecule has 0 spiro atoms. The first-order valence-electron chi connectivity index (χ1n) is 7.89. The van der Waals surface area contributed by atoms with Crippen LogP contribution in [0, 0.1) is 11.8 Å². The molecule has 0 aromatic rings. The Hall–Kier alpha value is -1.26. The number of aliphatic carboxylic acids is 1. The van der Waals surface area contributed by atoms with Crippen molar-refractivity contribution in [1.82, 2.24) is 10.6 Å². The van der Waals surface area contributed by atoms with Crippen molar-refractivity contribution in [1.29, 1.82) is 0 Å². The first kappa shape index (κ1) is 16.8. The molecule has 0 aliphatic heterocycles. The standard InChI is InChI=1S/C15H28N2O3/c1-2-3-4-7-10-16-15(20)17-11-12-8-5-6-9-13(12)14(18)19/h12-13H,2-11H2,1H3,(H,18,19)(H2,16,17,20). The van der Waals surface area contributed by atoms with Gasteiger partial charge in [-0.05, 0) is 25.2 Å². The zero-order chi connectivity index (χ0) is 14.8. The molecule has 1 saturated carbocycles. The summed E-state index contributed by atoms with van der Waals surface area (Å²) in [6, 6.07) is -0.170. The number of carbonyl (C=O) groups excluding carboxylic acids is 1. The van der Waals surface area contributed by atoms with Gasteiger partial charge >= 0.3 is 12.0 Å². The second-order valence-corrected chi connectivity index (χ2v) is 5.69. The Balaban J connectivity index is 2.17. The predicted molar refractivity (Wildman–Crippen MR) is 78.6 cm³/mol. The number of hydrogen-bond acceptors (Lipinski definition) is 2. The first-order chi connectivity index (χ1) is 9.65. The average molecular weight is 284 g/mol. The van der Waals surface area contributed by atoms with E-state index in [2.05, 4.69) is 17.6 Å². The lowest BCUT2D eigenvalue weighted by Gasteiger charge is -2.28. The second kappa shape index (κ2) is 9.61. The molecule has 1 aliphatic carbocycles. The average Bonchev–Trinajstić information content (AvgIpc) is 2.45. The number of hydrogen-bond donors (Lipinski definition) is 3. The minimum absolute atomic E-state index is 0.0760. The SMILES string of the molecule is CCCCCCNC(=O)NCC1CCCCC1C(=O)O. The maximum absolute atomic E-state index is 11.6. The fourth-order valence-corrected chi connectivity index (χ4v) is 2.82. The topological polar surface area (TPSA) is 78.4 Å². The van der Waals surface area contributed by atoms with Gasteiger partial charge in [-0.3, -0.25) is 4.79 Å². The Bertz CT molecular complexity index is 307. The van der Waals surface area contributed by atoms with Crippen LogP contribution in [-0.4, -0.2) is 30.2 Å². The van der Waals surface area contributed by atoms with Crippen LogP contribution in [0.1, 0.15) is 58.3 Å². The minimum atomic E-state index is -0.725. The molecule has 1 aliphatic rings. The smallest absolute Gasteiger partial charge is 0.314 e. The van der Waals surface area contributed by atoms with Crippen molar-refractivity contribution in [2.45, 2.75) is 58.3 Å². The largest absolute Gasteiger partial charge is 0.481 e. The molecule has 0 heterocycles. The van der Waals surface area contributed by atoms with Crippen molar-refractivity contribution in [2.24, 2.45) is 11.8 Å². The van der Waals surface area contributed by atoms with Gasteiger partial charge in [0.25, 0.3) is 0 Å². The van der Waals surface area contributed by atoms with Gasteiger partial charge in [0.05, 0.1) is 5.92 Å². The molecule has 0 radical (unpaired) electrons. The highest BCUT2D eigenvalue weighted by molar-refractivity contribution is 5.74. The predicted octanol–water partition coefficient (Wildman–Crippen LogP) is 2.76. The number of nitrogens with one attached hydrogen (secondary N) is 2. The maximum Gasteiger partial charge on any atom is 0.314 e. The number of carboxylic acid groups (broad SMARTS) is 1. The monoisotopic (exact) mass is 284 g/mol. The minimum Gasteiger partial charge on any atom is -0.481 e. The number of rotatable bonds is 8. The zero-order valence-electron chi connectivity index (χ0n) is 12.5. The number of carbonyl (C=O) groups is 2. The van der Waals surface area contributed by atoms with Gasteiger partial charge in [-0.2, -0.15) is 0 Å². The van der Waals surface area contributed by atoms with E-state index in [1.54, 1.807) is 0 Å². The van der Waals surface area contributed by atoms with Gasteiger partial charge in [0.1, 0.15) is 0 Å². The zero-order valence-corrected chi connectivity index (χ0v) is 12.5. The fourth-order valence-electron chi connectivity index (χ4n) is 2.82. The molecule has 2 amide bonds. The van der Waals surface area contributed by atoms with Gasteiger partial charge in [0.2, 0.25) is 0 Å². The van der Waals surface area contributed by atoms with E-state index in [-0.39, 0.29) is 17.9 Å². The summed E-state index contributed by atoms with van der Waals surface area (Å²) >= 11 is 0. The summed E-state index contributed by atoms with van der Waals surface area (Å²) in [7, 11) is 0. The van der Waals surface area contributed by atoms with Gasteiger partial charge < -0.3 is 15.7 Å². The molecule has 116 valence electrons. The summed E-state index contributed by atoms with van der Waals surface area (Å²) in [6.07, 6.45) is 8.21. The number of urea groups is 1. The Kier molecular flexibility index (Phi) is 8.07. The molecule has 3 N–H and O–H groups in total. The van der Waals surface area contributed by atoms with E-state index in [0.29, 0.717) is 13.1 Å². The summed E-state index contributed by atoms with van der Waals surface area (Å²) in [5.74, 6) is -0.947. The van der Waals surface area contributed by atoms with Crippen LogP contribution in [0.2, 0.25) is 0 Å². The van der Waals surface area contributed by atoms with Crippen LogP contribution in [0.15, 0.2) is 0 Å². The van der Waals surface area contributed by atoms with Gasteiger partial charge in [-0.15, -0.1) is 0 Å². The Labute approximate surface area is 121 Å². The van der Waals surface area contributed by atoms with E-state index >= 15 is 0 Å². The molecule has 0 saturated heterocycles. The molecule has 2 atom stereocenters. The first-order valence-corrected chi connectivity index (χ1v) is 7.89. The van der Waals surface area contributed by atoms with Crippen molar-refractivity contribution >= 4 is 12.0 Å². The summed E-state index contributed by atoms with van der Waals surface area (Å²) in [6.45, 7) is 3.32. The summed E-state index contributed by atoms with van der Waals surface area (Å²) in [5, 5.41) is 14.8. The van der Waals surface area contributed by atoms with Crippen molar-refractivity contribution in [3.8, 4) is 0 Å². The van der Waals surface area contributed by atoms with Crippen LogP contribution < -0.4 is 10.6 Å². The van der Waals surface area contributed by atoms with Crippen LogP contribution in [0.4, 0.5) is 4.79 Å². The quantitative estimate of drug-likeness (QED) is 0.600. The maximum atomic E-state index is 11.6. The normalized spacial score (nSPS) is 22.2. The van der Waals surface area contributed by atoms with Crippen molar-refractivity contribution < 1.29 is 14.7 Å². The number of carboxylic acids is 1. The molecular weight excluding hydrogens is 256 g/mol. The van der Waals surface area contributed by atoms with Crippen molar-refractivity contribution in [2.75, 3.05) is 13.1 Å². The number of amides is 2. The van der Waals surface area contributed by atoms with Gasteiger partial charge in [-0.25, -0.2) is 4.79 Å². The van der Waals surface area contributed by atoms with Crippen LogP contribution >= 0.6 is 0 Å². The van der Waals surface area contributed by atoms with Gasteiger partial charge in [0.15, 0.2) is 0 Å². The molecule has 2 unspecified atom stereocenters. The van der Waals surface area contributed by atoms with E-state index in [1.165, 1.54) is 12.8 Å². The van der Waals surface area contributed by atoms with Crippen LogP contribution in [0.25, 0.3) is 0 Å². The Morgan fingerprint density at radius 3 is 2.55 bits per heavy atom. The molecule has 1 rings (SSSR count). The summed E-state index contributed by atoms with van der Waals surface area (Å²) in [4.78, 5) is 22.8. The third-order valence-corrected chi connectivity index (χ3v) is 4.07. The van der Waals surface area contributed by atoms with Crippen LogP contribution in [0.3, 0.4) is 0 Å². The third kappa shape index (κ3) is 6.26. The van der Waals surface area contributed by atoms with Crippen molar-refractivity contribution in [3.05, 3.63) is 0 Å². The van der Waals surface area contributed by atoms with Crippen LogP contribution in [0.5, 0.6) is 0 Å². The third-order valence-electron chi connectivity index (χ3n) is 4.07. The lowest BCUT2D eigenvalue weighted by atomic mass is 9.79. The lowest BCUT2D eigenvalue weighted by Crippen LogP contribution is -2.42. The molecule has 1 fully saturated rings. The summed E-state index contributed by atoms with van der Waals surface area (Å²) < 4.78 is 0. The molecule has 5 heteroatoms.